The molecule has 3 atom stereocenters. The predicted octanol–water partition coefficient (Wildman–Crippen LogP) is 1.22. The normalized spacial score (nSPS) is 41.2. The molecule has 0 spiro atoms. The summed E-state index contributed by atoms with van der Waals surface area (Å²) in [5, 5.41) is 2.87. The average molecular weight is 317 g/mol. The minimum Gasteiger partial charge on any atom is -0.354 e. The minimum atomic E-state index is -0.631. The molecule has 18 heavy (non-hydrogen) atoms. The van der Waals surface area contributed by atoms with Crippen molar-refractivity contribution in [1.82, 2.24) is 5.32 Å². The highest BCUT2D eigenvalue weighted by Crippen LogP contribution is 2.72. The van der Waals surface area contributed by atoms with Gasteiger partial charge in [0.1, 0.15) is 0 Å². The number of alkyl halides is 1. The highest BCUT2D eigenvalue weighted by molar-refractivity contribution is 9.10. The van der Waals surface area contributed by atoms with Gasteiger partial charge in [0.25, 0.3) is 0 Å². The van der Waals surface area contributed by atoms with Crippen LogP contribution in [0.1, 0.15) is 33.6 Å². The summed E-state index contributed by atoms with van der Waals surface area (Å²) in [7, 11) is 0. The van der Waals surface area contributed by atoms with E-state index in [9.17, 15) is 9.59 Å². The third-order valence-electron chi connectivity index (χ3n) is 5.56. The zero-order valence-corrected chi connectivity index (χ0v) is 12.8. The van der Waals surface area contributed by atoms with Crippen molar-refractivity contribution in [3.05, 3.63) is 0 Å². The first kappa shape index (κ1) is 14.0. The lowest BCUT2D eigenvalue weighted by Gasteiger charge is -2.39. The molecule has 0 saturated heterocycles. The van der Waals surface area contributed by atoms with Gasteiger partial charge in [0.15, 0.2) is 5.78 Å². The van der Waals surface area contributed by atoms with Gasteiger partial charge in [-0.25, -0.2) is 0 Å². The second kappa shape index (κ2) is 4.04. The molecule has 0 radical (unpaired) electrons. The molecule has 102 valence electrons. The summed E-state index contributed by atoms with van der Waals surface area (Å²) < 4.78 is 0. The molecule has 2 fully saturated rings. The van der Waals surface area contributed by atoms with Gasteiger partial charge in [-0.2, -0.15) is 0 Å². The summed E-state index contributed by atoms with van der Waals surface area (Å²) in [6.07, 6.45) is 1.55. The van der Waals surface area contributed by atoms with Gasteiger partial charge in [-0.15, -0.1) is 0 Å². The molecule has 0 aromatic carbocycles. The summed E-state index contributed by atoms with van der Waals surface area (Å²) in [6.45, 7) is 6.96. The molecular formula is C13H21BrN2O2. The largest absolute Gasteiger partial charge is 0.354 e. The van der Waals surface area contributed by atoms with Gasteiger partial charge in [0.05, 0.1) is 10.2 Å². The molecule has 1 amide bonds. The summed E-state index contributed by atoms with van der Waals surface area (Å²) in [5.41, 5.74) is 4.07. The number of rotatable bonds is 3. The van der Waals surface area contributed by atoms with Crippen LogP contribution < -0.4 is 11.1 Å². The number of carbonyl (C=O) groups is 2. The van der Waals surface area contributed by atoms with Crippen LogP contribution in [-0.2, 0) is 9.59 Å². The Kier molecular flexibility index (Phi) is 3.14. The number of amides is 1. The maximum Gasteiger partial charge on any atom is 0.228 e. The standard InChI is InChI=1S/C13H21BrN2O2/c1-11(2)12(3)4-5-13(11,8(14)9(12)17)10(18)16-7-6-15/h8H,4-7,15H2,1-3H3,(H,16,18)/t8-,12-,13-/m1/s1. The third kappa shape index (κ3) is 1.29. The molecular weight excluding hydrogens is 296 g/mol. The number of Topliss-reactive ketones (excluding diaryl/α,β-unsaturated/α-hetero) is 1. The lowest BCUT2D eigenvalue weighted by atomic mass is 9.64. The fraction of sp³-hybridized carbons (Fsp3) is 0.846. The molecule has 3 N–H and O–H groups in total. The van der Waals surface area contributed by atoms with E-state index >= 15 is 0 Å². The topological polar surface area (TPSA) is 72.2 Å². The van der Waals surface area contributed by atoms with E-state index in [1.807, 2.05) is 20.8 Å². The van der Waals surface area contributed by atoms with Crippen molar-refractivity contribution in [3.8, 4) is 0 Å². The molecule has 4 nitrogen and oxygen atoms in total. The number of hydrogen-bond acceptors (Lipinski definition) is 3. The molecule has 2 aliphatic carbocycles. The van der Waals surface area contributed by atoms with Crippen LogP contribution in [0.2, 0.25) is 0 Å². The Hall–Kier alpha value is -0.420. The summed E-state index contributed by atoms with van der Waals surface area (Å²) in [6, 6.07) is 0. The number of nitrogens with one attached hydrogen (secondary N) is 1. The average Bonchev–Trinajstić information content (AvgIpc) is 2.59. The van der Waals surface area contributed by atoms with E-state index in [4.69, 9.17) is 5.73 Å². The first-order valence-electron chi connectivity index (χ1n) is 6.42. The zero-order valence-electron chi connectivity index (χ0n) is 11.2. The van der Waals surface area contributed by atoms with Crippen LogP contribution in [-0.4, -0.2) is 29.6 Å². The van der Waals surface area contributed by atoms with Crippen LogP contribution in [0, 0.1) is 16.2 Å². The van der Waals surface area contributed by atoms with Crippen molar-refractivity contribution in [2.45, 2.75) is 38.4 Å². The highest BCUT2D eigenvalue weighted by Gasteiger charge is 2.76. The minimum absolute atomic E-state index is 0.0330. The molecule has 2 saturated carbocycles. The Bertz CT molecular complexity index is 410. The van der Waals surface area contributed by atoms with E-state index in [0.29, 0.717) is 13.1 Å². The van der Waals surface area contributed by atoms with Gasteiger partial charge < -0.3 is 11.1 Å². The van der Waals surface area contributed by atoms with Gasteiger partial charge in [0, 0.05) is 18.5 Å². The Morgan fingerprint density at radius 1 is 1.44 bits per heavy atom. The first-order chi connectivity index (χ1) is 8.25. The van der Waals surface area contributed by atoms with E-state index in [0.717, 1.165) is 12.8 Å². The summed E-state index contributed by atoms with van der Waals surface area (Å²) in [5.74, 6) is 0.135. The van der Waals surface area contributed by atoms with Crippen LogP contribution in [0.5, 0.6) is 0 Å². The maximum atomic E-state index is 12.5. The second-order valence-electron chi connectivity index (χ2n) is 6.20. The number of hydrogen-bond donors (Lipinski definition) is 2. The van der Waals surface area contributed by atoms with Crippen LogP contribution >= 0.6 is 15.9 Å². The molecule has 0 aromatic rings. The molecule has 0 heterocycles. The highest BCUT2D eigenvalue weighted by atomic mass is 79.9. The third-order valence-corrected chi connectivity index (χ3v) is 6.75. The van der Waals surface area contributed by atoms with Crippen molar-refractivity contribution >= 4 is 27.6 Å². The monoisotopic (exact) mass is 316 g/mol. The molecule has 5 heteroatoms. The Morgan fingerprint density at radius 2 is 2.06 bits per heavy atom. The van der Waals surface area contributed by atoms with Gasteiger partial charge in [-0.05, 0) is 18.3 Å². The van der Waals surface area contributed by atoms with Crippen LogP contribution in [0.4, 0.5) is 0 Å². The summed E-state index contributed by atoms with van der Waals surface area (Å²) >= 11 is 3.48. The lowest BCUT2D eigenvalue weighted by Crippen LogP contribution is -2.51. The Balaban J connectivity index is 2.43. The number of halogens is 1. The van der Waals surface area contributed by atoms with E-state index in [1.165, 1.54) is 0 Å². The Labute approximate surface area is 116 Å². The van der Waals surface area contributed by atoms with Gasteiger partial charge in [-0.3, -0.25) is 9.59 Å². The smallest absolute Gasteiger partial charge is 0.228 e. The molecule has 2 bridgehead atoms. The molecule has 0 aliphatic heterocycles. The lowest BCUT2D eigenvalue weighted by molar-refractivity contribution is -0.135. The molecule has 0 aromatic heterocycles. The summed E-state index contributed by atoms with van der Waals surface area (Å²) in [4.78, 5) is 24.6. The molecule has 2 aliphatic rings. The first-order valence-corrected chi connectivity index (χ1v) is 7.34. The van der Waals surface area contributed by atoms with Crippen LogP contribution in [0.15, 0.2) is 0 Å². The second-order valence-corrected chi connectivity index (χ2v) is 7.12. The van der Waals surface area contributed by atoms with Gasteiger partial charge >= 0.3 is 0 Å². The van der Waals surface area contributed by atoms with E-state index in [-0.39, 0.29) is 21.9 Å². The van der Waals surface area contributed by atoms with Gasteiger partial charge in [0.2, 0.25) is 5.91 Å². The SMILES string of the molecule is CC1(C)[C@]2(C(=O)NCCN)CC[C@]1(C)C(=O)[C@H]2Br. The number of fused-ring (bicyclic) bond motifs is 2. The van der Waals surface area contributed by atoms with Crippen molar-refractivity contribution in [3.63, 3.8) is 0 Å². The number of nitrogens with two attached hydrogens (primary N) is 1. The fourth-order valence-corrected chi connectivity index (χ4v) is 5.31. The quantitative estimate of drug-likeness (QED) is 0.769. The molecule has 0 unspecified atom stereocenters. The van der Waals surface area contributed by atoms with Crippen LogP contribution in [0.25, 0.3) is 0 Å². The van der Waals surface area contributed by atoms with Crippen molar-refractivity contribution in [2.24, 2.45) is 22.0 Å². The van der Waals surface area contributed by atoms with Crippen molar-refractivity contribution in [1.29, 1.82) is 0 Å². The fourth-order valence-electron chi connectivity index (χ4n) is 3.80. The number of ketones is 1. The van der Waals surface area contributed by atoms with Gasteiger partial charge in [-0.1, -0.05) is 36.7 Å². The van der Waals surface area contributed by atoms with E-state index < -0.39 is 10.8 Å². The Morgan fingerprint density at radius 3 is 2.50 bits per heavy atom. The van der Waals surface area contributed by atoms with Crippen molar-refractivity contribution in [2.75, 3.05) is 13.1 Å². The number of carbonyl (C=O) groups excluding carboxylic acids is 2. The maximum absolute atomic E-state index is 12.5. The van der Waals surface area contributed by atoms with Crippen LogP contribution in [0.3, 0.4) is 0 Å². The molecule has 2 rings (SSSR count). The van der Waals surface area contributed by atoms with Crippen molar-refractivity contribution < 1.29 is 9.59 Å². The van der Waals surface area contributed by atoms with E-state index in [1.54, 1.807) is 0 Å². The predicted molar refractivity (Wildman–Crippen MR) is 73.3 cm³/mol. The zero-order chi connectivity index (χ0) is 13.8. The van der Waals surface area contributed by atoms with E-state index in [2.05, 4.69) is 21.2 Å².